The fourth-order valence-electron chi connectivity index (χ4n) is 6.98. The second-order valence-electron chi connectivity index (χ2n) is 9.29. The highest BCUT2D eigenvalue weighted by Gasteiger charge is 2.62. The first-order valence-electron chi connectivity index (χ1n) is 10.3. The first kappa shape index (κ1) is 19.1. The highest BCUT2D eigenvalue weighted by molar-refractivity contribution is 5.66. The minimum atomic E-state index is -4.36. The number of alkyl halides is 3. The van der Waals surface area contributed by atoms with Crippen molar-refractivity contribution in [1.82, 2.24) is 0 Å². The minimum absolute atomic E-state index is 0.0798. The fraction of sp³-hybridized carbons (Fsp3) is 0.773. The Bertz CT molecular complexity index is 692. The molecule has 0 heterocycles. The van der Waals surface area contributed by atoms with Crippen molar-refractivity contribution >= 4 is 5.97 Å². The molecular weight excluding hydrogens is 353 g/mol. The van der Waals surface area contributed by atoms with Gasteiger partial charge in [0.25, 0.3) is 0 Å². The summed E-state index contributed by atoms with van der Waals surface area (Å²) < 4.78 is 46.8. The summed E-state index contributed by atoms with van der Waals surface area (Å²) in [6.07, 6.45) is 6.74. The van der Waals surface area contributed by atoms with Crippen LogP contribution >= 0.6 is 0 Å². The first-order chi connectivity index (χ1) is 12.7. The van der Waals surface area contributed by atoms with E-state index in [0.717, 1.165) is 25.7 Å². The monoisotopic (exact) mass is 382 g/mol. The molecule has 0 spiro atoms. The molecule has 27 heavy (non-hydrogen) atoms. The van der Waals surface area contributed by atoms with E-state index in [4.69, 9.17) is 4.74 Å². The summed E-state index contributed by atoms with van der Waals surface area (Å²) in [7, 11) is 0. The molecule has 2 saturated carbocycles. The van der Waals surface area contributed by atoms with Crippen LogP contribution in [0.3, 0.4) is 0 Å². The van der Waals surface area contributed by atoms with Gasteiger partial charge < -0.3 is 4.74 Å². The van der Waals surface area contributed by atoms with Gasteiger partial charge in [-0.3, -0.25) is 4.79 Å². The molecule has 0 aromatic heterocycles. The van der Waals surface area contributed by atoms with Gasteiger partial charge in [-0.2, -0.15) is 13.2 Å². The Labute approximate surface area is 159 Å². The zero-order valence-electron chi connectivity index (χ0n) is 16.2. The Kier molecular flexibility index (Phi) is 4.51. The molecule has 0 aromatic carbocycles. The van der Waals surface area contributed by atoms with Crippen molar-refractivity contribution in [3.8, 4) is 0 Å². The predicted molar refractivity (Wildman–Crippen MR) is 96.8 cm³/mol. The molecule has 0 saturated heterocycles. The molecule has 4 rings (SSSR count). The Morgan fingerprint density at radius 3 is 2.67 bits per heavy atom. The number of hydrogen-bond acceptors (Lipinski definition) is 2. The number of fused-ring (bicyclic) bond motifs is 5. The number of carbonyl (C=O) groups is 1. The molecule has 0 amide bonds. The number of rotatable bonds is 2. The van der Waals surface area contributed by atoms with Crippen LogP contribution in [0.2, 0.25) is 0 Å². The average Bonchev–Trinajstić information content (AvgIpc) is 2.99. The lowest BCUT2D eigenvalue weighted by Crippen LogP contribution is -2.52. The van der Waals surface area contributed by atoms with Crippen LogP contribution in [-0.2, 0) is 9.53 Å². The van der Waals surface area contributed by atoms with Gasteiger partial charge >= 0.3 is 12.1 Å². The van der Waals surface area contributed by atoms with Gasteiger partial charge in [0.2, 0.25) is 0 Å². The van der Waals surface area contributed by atoms with Crippen LogP contribution in [0.4, 0.5) is 13.2 Å². The summed E-state index contributed by atoms with van der Waals surface area (Å²) in [4.78, 5) is 11.4. The van der Waals surface area contributed by atoms with Crippen LogP contribution in [0.25, 0.3) is 0 Å². The molecule has 0 radical (unpaired) electrons. The zero-order valence-corrected chi connectivity index (χ0v) is 16.2. The number of halogens is 3. The molecule has 0 aliphatic heterocycles. The van der Waals surface area contributed by atoms with E-state index in [9.17, 15) is 18.0 Å². The van der Waals surface area contributed by atoms with E-state index in [1.54, 1.807) is 5.57 Å². The second kappa shape index (κ2) is 6.38. The average molecular weight is 382 g/mol. The zero-order chi connectivity index (χ0) is 19.4. The summed E-state index contributed by atoms with van der Waals surface area (Å²) in [5.41, 5.74) is 0.199. The van der Waals surface area contributed by atoms with Crippen LogP contribution in [0.15, 0.2) is 23.3 Å². The highest BCUT2D eigenvalue weighted by atomic mass is 19.4. The van der Waals surface area contributed by atoms with Gasteiger partial charge in [-0.1, -0.05) is 31.1 Å². The number of allylic oxidation sites excluding steroid dienone is 3. The number of esters is 1. The molecule has 150 valence electrons. The van der Waals surface area contributed by atoms with Gasteiger partial charge in [0, 0.05) is 17.9 Å². The summed E-state index contributed by atoms with van der Waals surface area (Å²) in [5, 5.41) is 0. The molecular formula is C22H29F3O2. The molecule has 2 fully saturated rings. The third-order valence-corrected chi connectivity index (χ3v) is 8.18. The summed E-state index contributed by atoms with van der Waals surface area (Å²) in [6.45, 7) is 3.50. The van der Waals surface area contributed by atoms with Crippen molar-refractivity contribution in [2.24, 2.45) is 28.6 Å². The quantitative estimate of drug-likeness (QED) is 0.434. The SMILES string of the molecule is CC(=O)OC[C@]12CC[C@H]3[C@@H](CC=C4CCCC[C@@]43C)[C@@H]1CC=C2C(F)(F)F. The van der Waals surface area contributed by atoms with E-state index >= 15 is 0 Å². The summed E-state index contributed by atoms with van der Waals surface area (Å²) in [5.74, 6) is 0.124. The number of ether oxygens (including phenoxy) is 1. The molecule has 4 aliphatic rings. The van der Waals surface area contributed by atoms with Crippen LogP contribution in [0.5, 0.6) is 0 Å². The van der Waals surface area contributed by atoms with Gasteiger partial charge in [-0.15, -0.1) is 0 Å². The van der Waals surface area contributed by atoms with E-state index in [1.165, 1.54) is 25.8 Å². The normalized spacial score (nSPS) is 41.0. The van der Waals surface area contributed by atoms with Crippen molar-refractivity contribution in [2.75, 3.05) is 6.61 Å². The Morgan fingerprint density at radius 2 is 1.96 bits per heavy atom. The van der Waals surface area contributed by atoms with E-state index in [2.05, 4.69) is 13.0 Å². The second-order valence-corrected chi connectivity index (χ2v) is 9.29. The third-order valence-electron chi connectivity index (χ3n) is 8.18. The molecule has 0 bridgehead atoms. The lowest BCUT2D eigenvalue weighted by Gasteiger charge is -2.57. The molecule has 5 heteroatoms. The van der Waals surface area contributed by atoms with Crippen molar-refractivity contribution in [3.63, 3.8) is 0 Å². The third kappa shape index (κ3) is 2.87. The van der Waals surface area contributed by atoms with Crippen molar-refractivity contribution in [3.05, 3.63) is 23.3 Å². The van der Waals surface area contributed by atoms with Gasteiger partial charge in [0.15, 0.2) is 0 Å². The maximum absolute atomic E-state index is 13.8. The van der Waals surface area contributed by atoms with Crippen LogP contribution in [0.1, 0.15) is 65.2 Å². The van der Waals surface area contributed by atoms with E-state index in [1.807, 2.05) is 0 Å². The highest BCUT2D eigenvalue weighted by Crippen LogP contribution is 2.66. The van der Waals surface area contributed by atoms with Crippen LogP contribution in [-0.4, -0.2) is 18.8 Å². The summed E-state index contributed by atoms with van der Waals surface area (Å²) >= 11 is 0. The predicted octanol–water partition coefficient (Wildman–Crippen LogP) is 5.98. The van der Waals surface area contributed by atoms with E-state index < -0.39 is 23.1 Å². The Balaban J connectivity index is 1.70. The van der Waals surface area contributed by atoms with Crippen LogP contribution < -0.4 is 0 Å². The van der Waals surface area contributed by atoms with Crippen molar-refractivity contribution in [2.45, 2.75) is 71.4 Å². The standard InChI is InChI=1S/C22H29F3O2/c1-14(26)27-13-21-12-10-17-16(18(21)8-9-19(21)22(23,24)25)7-6-15-5-3-4-11-20(15,17)2/h6,9,16-18H,3-5,7-8,10-13H2,1-2H3/t16-,17+,18+,20+,21-/m1/s1. The molecule has 0 unspecified atom stereocenters. The fourth-order valence-corrected chi connectivity index (χ4v) is 6.98. The molecule has 2 nitrogen and oxygen atoms in total. The Morgan fingerprint density at radius 1 is 1.19 bits per heavy atom. The maximum Gasteiger partial charge on any atom is 0.413 e. The summed E-state index contributed by atoms with van der Waals surface area (Å²) in [6, 6.07) is 0. The van der Waals surface area contributed by atoms with E-state index in [-0.39, 0.29) is 23.9 Å². The lowest BCUT2D eigenvalue weighted by atomic mass is 9.47. The Hall–Kier alpha value is -1.26. The van der Waals surface area contributed by atoms with Crippen molar-refractivity contribution in [1.29, 1.82) is 0 Å². The number of carbonyl (C=O) groups excluding carboxylic acids is 1. The topological polar surface area (TPSA) is 26.3 Å². The van der Waals surface area contributed by atoms with Gasteiger partial charge in [0.1, 0.15) is 6.61 Å². The minimum Gasteiger partial charge on any atom is -0.465 e. The van der Waals surface area contributed by atoms with E-state index in [0.29, 0.717) is 18.8 Å². The largest absolute Gasteiger partial charge is 0.465 e. The maximum atomic E-state index is 13.8. The molecule has 5 atom stereocenters. The van der Waals surface area contributed by atoms with Gasteiger partial charge in [0.05, 0.1) is 0 Å². The number of hydrogen-bond donors (Lipinski definition) is 0. The lowest BCUT2D eigenvalue weighted by molar-refractivity contribution is -0.157. The smallest absolute Gasteiger partial charge is 0.413 e. The van der Waals surface area contributed by atoms with Gasteiger partial charge in [-0.25, -0.2) is 0 Å². The molecule has 4 aliphatic carbocycles. The molecule has 0 aromatic rings. The van der Waals surface area contributed by atoms with Gasteiger partial charge in [-0.05, 0) is 68.1 Å². The molecule has 0 N–H and O–H groups in total. The van der Waals surface area contributed by atoms with Crippen LogP contribution in [0, 0.1) is 28.6 Å². The first-order valence-corrected chi connectivity index (χ1v) is 10.3. The van der Waals surface area contributed by atoms with Crippen molar-refractivity contribution < 1.29 is 22.7 Å².